The predicted molar refractivity (Wildman–Crippen MR) is 445 cm³/mol. The Kier molecular flexibility index (Phi) is 96.7. The van der Waals surface area contributed by atoms with Crippen molar-refractivity contribution in [3.05, 3.63) is 0 Å². The number of hydrogen-bond donors (Lipinski definition) is 0. The average molecular weight is 1500 g/mol. The summed E-state index contributed by atoms with van der Waals surface area (Å²) in [5.74, 6) is 0. The summed E-state index contributed by atoms with van der Waals surface area (Å²) in [5, 5.41) is 0. The van der Waals surface area contributed by atoms with Gasteiger partial charge in [-0.15, -0.1) is 0 Å². The van der Waals surface area contributed by atoms with Gasteiger partial charge in [0.2, 0.25) is 0 Å². The van der Waals surface area contributed by atoms with Gasteiger partial charge in [-0.05, 0) is 57.8 Å². The van der Waals surface area contributed by atoms with Crippen LogP contribution in [-0.2, 0) is 60.8 Å². The first-order chi connectivity index (χ1) is 51.7. The Morgan fingerprint density at radius 2 is 0.221 bits per heavy atom. The summed E-state index contributed by atoms with van der Waals surface area (Å²) < 4.78 is 83.3. The number of phosphoric ester groups is 1. The third-order valence-electron chi connectivity index (χ3n) is 20.5. The summed E-state index contributed by atoms with van der Waals surface area (Å²) in [6.45, 7) is 18.5. The molecule has 0 atom stereocenters. The van der Waals surface area contributed by atoms with Crippen LogP contribution in [-0.4, -0.2) is 139 Å². The molecule has 13 nitrogen and oxygen atoms in total. The maximum Gasteiger partial charge on any atom is 0.475 e. The van der Waals surface area contributed by atoms with E-state index in [1.165, 1.54) is 405 Å². The fourth-order valence-corrected chi connectivity index (χ4v) is 14.7. The Morgan fingerprint density at radius 3 is 0.356 bits per heavy atom. The van der Waals surface area contributed by atoms with Gasteiger partial charge < -0.3 is 42.6 Å². The lowest BCUT2D eigenvalue weighted by atomic mass is 10.0. The van der Waals surface area contributed by atoms with Crippen LogP contribution in [0.15, 0.2) is 0 Å². The maximum atomic E-state index is 13.7. The van der Waals surface area contributed by atoms with Crippen LogP contribution < -0.4 is 0 Å². The molecule has 0 amide bonds. The molecule has 104 heavy (non-hydrogen) atoms. The third-order valence-corrected chi connectivity index (χ3v) is 22.0. The smallest absolute Gasteiger partial charge is 0.381 e. The molecule has 0 unspecified atom stereocenters. The highest BCUT2D eigenvalue weighted by atomic mass is 31.2. The molecule has 0 saturated carbocycles. The van der Waals surface area contributed by atoms with Crippen molar-refractivity contribution in [1.29, 1.82) is 0 Å². The van der Waals surface area contributed by atoms with Crippen molar-refractivity contribution in [3.63, 3.8) is 0 Å². The molecule has 0 spiro atoms. The summed E-state index contributed by atoms with van der Waals surface area (Å²) in [4.78, 5) is 0. The van der Waals surface area contributed by atoms with E-state index in [2.05, 4.69) is 20.8 Å². The van der Waals surface area contributed by atoms with E-state index in [1.807, 2.05) is 0 Å². The van der Waals surface area contributed by atoms with Crippen molar-refractivity contribution >= 4 is 7.82 Å². The van der Waals surface area contributed by atoms with E-state index < -0.39 is 7.82 Å². The molecular formula is C90H183O13P. The van der Waals surface area contributed by atoms with Crippen molar-refractivity contribution < 1.29 is 60.8 Å². The van der Waals surface area contributed by atoms with Gasteiger partial charge in [0, 0.05) is 59.5 Å². The highest BCUT2D eigenvalue weighted by molar-refractivity contribution is 7.48. The van der Waals surface area contributed by atoms with Gasteiger partial charge in [-0.1, -0.05) is 387 Å². The van der Waals surface area contributed by atoms with Gasteiger partial charge in [-0.25, -0.2) is 4.57 Å². The molecule has 0 bridgehead atoms. The first-order valence-corrected chi connectivity index (χ1v) is 47.9. The van der Waals surface area contributed by atoms with Gasteiger partial charge in [0.1, 0.15) is 0 Å². The molecule has 0 aliphatic heterocycles. The molecule has 626 valence electrons. The van der Waals surface area contributed by atoms with Gasteiger partial charge in [-0.3, -0.25) is 13.6 Å². The lowest BCUT2D eigenvalue weighted by Crippen LogP contribution is -2.14. The van der Waals surface area contributed by atoms with Gasteiger partial charge in [-0.2, -0.15) is 0 Å². The first kappa shape index (κ1) is 104. The van der Waals surface area contributed by atoms with Crippen molar-refractivity contribution in [3.8, 4) is 0 Å². The van der Waals surface area contributed by atoms with Gasteiger partial charge in [0.15, 0.2) is 0 Å². The Balaban J connectivity index is 4.09. The highest BCUT2D eigenvalue weighted by Crippen LogP contribution is 2.49. The zero-order chi connectivity index (χ0) is 74.5. The van der Waals surface area contributed by atoms with Crippen LogP contribution in [0, 0.1) is 0 Å². The van der Waals surface area contributed by atoms with Crippen LogP contribution >= 0.6 is 7.82 Å². The van der Waals surface area contributed by atoms with E-state index in [1.54, 1.807) is 0 Å². The van der Waals surface area contributed by atoms with Gasteiger partial charge in [0.25, 0.3) is 0 Å². The number of phosphoric acid groups is 1. The fourth-order valence-electron chi connectivity index (χ4n) is 13.6. The average Bonchev–Trinajstić information content (AvgIpc) is 0.951. The van der Waals surface area contributed by atoms with E-state index in [9.17, 15) is 4.57 Å². The molecular weight excluding hydrogens is 1320 g/mol. The van der Waals surface area contributed by atoms with Crippen molar-refractivity contribution in [1.82, 2.24) is 0 Å². The van der Waals surface area contributed by atoms with Crippen LogP contribution in [0.5, 0.6) is 0 Å². The molecule has 0 aliphatic rings. The zero-order valence-electron chi connectivity index (χ0n) is 70.3. The highest BCUT2D eigenvalue weighted by Gasteiger charge is 2.26. The number of hydrogen-bond acceptors (Lipinski definition) is 13. The molecule has 0 aromatic rings. The SMILES string of the molecule is CCCCCCCCCCCCCCCCOCCCCCCCCCCOCCOCCOP(=O)(OCCOCCOCCCCCCCCCCOCCCCCCCCCCCCCCCC)OCCOCCOCCCCCCCCCCOCCCCCCCCCCCCCCCC. The van der Waals surface area contributed by atoms with Crippen LogP contribution in [0.25, 0.3) is 0 Å². The van der Waals surface area contributed by atoms with Crippen molar-refractivity contribution in [2.24, 2.45) is 0 Å². The van der Waals surface area contributed by atoms with E-state index in [4.69, 9.17) is 56.2 Å². The third kappa shape index (κ3) is 94.1. The molecule has 0 saturated heterocycles. The molecule has 0 rings (SSSR count). The minimum atomic E-state index is -3.88. The van der Waals surface area contributed by atoms with E-state index >= 15 is 0 Å². The Morgan fingerprint density at radius 1 is 0.125 bits per heavy atom. The normalized spacial score (nSPS) is 12.0. The zero-order valence-corrected chi connectivity index (χ0v) is 71.2. The largest absolute Gasteiger partial charge is 0.475 e. The minimum absolute atomic E-state index is 0.0668. The van der Waals surface area contributed by atoms with E-state index in [0.717, 1.165) is 78.7 Å². The Bertz CT molecular complexity index is 1360. The number of rotatable bonds is 99. The Labute approximate surface area is 648 Å². The Hall–Kier alpha value is -0.250. The fraction of sp³-hybridized carbons (Fsp3) is 1.00. The molecule has 0 aromatic heterocycles. The summed E-state index contributed by atoms with van der Waals surface area (Å²) in [6, 6.07) is 0. The molecule has 0 radical (unpaired) electrons. The van der Waals surface area contributed by atoms with Gasteiger partial charge in [0.05, 0.1) is 79.3 Å². The lowest BCUT2D eigenvalue weighted by Gasteiger charge is -2.18. The molecule has 0 aromatic carbocycles. The molecule has 0 heterocycles. The quantitative estimate of drug-likeness (QED) is 0.0424. The molecule has 0 N–H and O–H groups in total. The number of ether oxygens (including phenoxy) is 9. The first-order valence-electron chi connectivity index (χ1n) is 46.4. The molecule has 0 aliphatic carbocycles. The molecule has 0 fully saturated rings. The van der Waals surface area contributed by atoms with Crippen LogP contribution in [0.1, 0.15) is 445 Å². The lowest BCUT2D eigenvalue weighted by molar-refractivity contribution is 0.00595. The van der Waals surface area contributed by atoms with Crippen molar-refractivity contribution in [2.75, 3.05) is 139 Å². The predicted octanol–water partition coefficient (Wildman–Crippen LogP) is 28.1. The topological polar surface area (TPSA) is 128 Å². The summed E-state index contributed by atoms with van der Waals surface area (Å²) in [6.07, 6.45) is 88.3. The second kappa shape index (κ2) is 96.9. The summed E-state index contributed by atoms with van der Waals surface area (Å²) >= 11 is 0. The van der Waals surface area contributed by atoms with E-state index in [0.29, 0.717) is 39.6 Å². The second-order valence-corrected chi connectivity index (χ2v) is 32.4. The van der Waals surface area contributed by atoms with Crippen LogP contribution in [0.4, 0.5) is 0 Å². The standard InChI is InChI=1S/C90H183O13P/c1-4-7-10-13-16-19-22-25-28-31-34-43-52-61-70-92-73-64-55-46-37-40-49-58-67-76-95-79-82-98-85-88-101-104(91,102-89-86-99-83-80-96-77-68-59-50-41-38-47-56-65-74-93-71-62-53-44-35-32-29-26-23-20-17-14-11-8-5-2)103-90-87-100-84-81-97-78-69-60-51-42-39-48-57-66-75-94-72-63-54-45-36-33-30-27-24-21-18-15-12-9-6-3/h4-90H2,1-3H3. The van der Waals surface area contributed by atoms with Gasteiger partial charge >= 0.3 is 7.82 Å². The second-order valence-electron chi connectivity index (χ2n) is 30.7. The number of unbranched alkanes of at least 4 members (excludes halogenated alkanes) is 60. The van der Waals surface area contributed by atoms with Crippen LogP contribution in [0.3, 0.4) is 0 Å². The maximum absolute atomic E-state index is 13.7. The van der Waals surface area contributed by atoms with Crippen molar-refractivity contribution in [2.45, 2.75) is 445 Å². The molecule has 14 heteroatoms. The summed E-state index contributed by atoms with van der Waals surface area (Å²) in [7, 11) is -3.88. The monoisotopic (exact) mass is 1500 g/mol. The minimum Gasteiger partial charge on any atom is -0.381 e. The summed E-state index contributed by atoms with van der Waals surface area (Å²) in [5.41, 5.74) is 0. The van der Waals surface area contributed by atoms with E-state index in [-0.39, 0.29) is 39.6 Å². The van der Waals surface area contributed by atoms with Crippen LogP contribution in [0.2, 0.25) is 0 Å².